The largest absolute Gasteiger partial charge is 0.376 e. The van der Waals surface area contributed by atoms with Gasteiger partial charge in [-0.3, -0.25) is 14.6 Å². The highest BCUT2D eigenvalue weighted by Gasteiger charge is 2.37. The molecule has 1 aromatic rings. The smallest absolute Gasteiger partial charge is 0.328 e. The minimum absolute atomic E-state index is 0.0850. The third kappa shape index (κ3) is 3.81. The Morgan fingerprint density at radius 1 is 1.32 bits per heavy atom. The van der Waals surface area contributed by atoms with E-state index in [0.29, 0.717) is 24.4 Å². The van der Waals surface area contributed by atoms with Crippen LogP contribution in [0.2, 0.25) is 0 Å². The number of benzene rings is 1. The molecule has 2 aliphatic rings. The van der Waals surface area contributed by atoms with Crippen LogP contribution in [-0.2, 0) is 16.1 Å². The molecule has 0 radical (unpaired) electrons. The maximum atomic E-state index is 12.6. The fraction of sp³-hybridized carbons (Fsp3) is 0.500. The first-order chi connectivity index (χ1) is 12.1. The fourth-order valence-corrected chi connectivity index (χ4v) is 3.19. The molecule has 0 aromatic heterocycles. The summed E-state index contributed by atoms with van der Waals surface area (Å²) < 4.78 is 5.64. The monoisotopic (exact) mass is 342 g/mol. The fourth-order valence-electron chi connectivity index (χ4n) is 3.19. The van der Waals surface area contributed by atoms with Crippen molar-refractivity contribution in [2.75, 3.05) is 32.9 Å². The summed E-state index contributed by atoms with van der Waals surface area (Å²) >= 11 is 0. The molecule has 7 nitrogen and oxygen atoms in total. The second kappa shape index (κ2) is 7.64. The number of carbonyl (C=O) groups excluding carboxylic acids is 2. The first kappa shape index (κ1) is 17.4. The molecule has 1 aromatic carbocycles. The van der Waals surface area contributed by atoms with E-state index in [1.54, 1.807) is 29.2 Å². The van der Waals surface area contributed by atoms with E-state index in [9.17, 15) is 14.9 Å². The Bertz CT molecular complexity index is 700. The summed E-state index contributed by atoms with van der Waals surface area (Å²) in [5, 5.41) is 9.17. The Labute approximate surface area is 147 Å². The van der Waals surface area contributed by atoms with Gasteiger partial charge in [0, 0.05) is 13.1 Å². The first-order valence-corrected chi connectivity index (χ1v) is 8.53. The zero-order chi connectivity index (χ0) is 17.8. The van der Waals surface area contributed by atoms with Crippen LogP contribution in [0, 0.1) is 11.3 Å². The average molecular weight is 342 g/mol. The summed E-state index contributed by atoms with van der Waals surface area (Å²) in [4.78, 5) is 29.9. The normalized spacial score (nSPS) is 21.7. The molecular weight excluding hydrogens is 320 g/mol. The lowest BCUT2D eigenvalue weighted by atomic mass is 10.1. The molecule has 0 bridgehead atoms. The molecule has 1 unspecified atom stereocenters. The summed E-state index contributed by atoms with van der Waals surface area (Å²) in [6.07, 6.45) is 1.11. The molecule has 2 heterocycles. The van der Waals surface area contributed by atoms with Gasteiger partial charge < -0.3 is 9.64 Å². The summed E-state index contributed by atoms with van der Waals surface area (Å²) in [5.74, 6) is -0.224. The SMILES string of the molecule is CCC1CN(CN2CC(=O)N(Cc3ccccc3C#N)C2=O)CCO1. The topological polar surface area (TPSA) is 76.9 Å². The van der Waals surface area contributed by atoms with Gasteiger partial charge in [-0.1, -0.05) is 25.1 Å². The maximum Gasteiger partial charge on any atom is 0.328 e. The molecule has 2 aliphatic heterocycles. The van der Waals surface area contributed by atoms with Crippen molar-refractivity contribution in [3.8, 4) is 6.07 Å². The highest BCUT2D eigenvalue weighted by Crippen LogP contribution is 2.18. The van der Waals surface area contributed by atoms with Gasteiger partial charge in [0.2, 0.25) is 0 Å². The molecule has 25 heavy (non-hydrogen) atoms. The number of nitriles is 1. The Morgan fingerprint density at radius 2 is 2.12 bits per heavy atom. The lowest BCUT2D eigenvalue weighted by molar-refractivity contribution is -0.125. The number of amides is 3. The minimum atomic E-state index is -0.294. The van der Waals surface area contributed by atoms with E-state index in [4.69, 9.17) is 4.74 Å². The lowest BCUT2D eigenvalue weighted by Crippen LogP contribution is -2.48. The third-order valence-electron chi connectivity index (χ3n) is 4.64. The molecule has 0 saturated carbocycles. The van der Waals surface area contributed by atoms with Crippen molar-refractivity contribution < 1.29 is 14.3 Å². The van der Waals surface area contributed by atoms with Crippen LogP contribution >= 0.6 is 0 Å². The standard InChI is InChI=1S/C18H22N4O3/c1-2-16-11-20(7-8-25-16)13-21-12-17(23)22(18(21)24)10-15-6-4-3-5-14(15)9-19/h3-6,16H,2,7-8,10-13H2,1H3. The summed E-state index contributed by atoms with van der Waals surface area (Å²) in [5.41, 5.74) is 1.17. The number of urea groups is 1. The van der Waals surface area contributed by atoms with Crippen LogP contribution < -0.4 is 0 Å². The minimum Gasteiger partial charge on any atom is -0.376 e. The molecule has 132 valence electrons. The van der Waals surface area contributed by atoms with E-state index in [1.807, 2.05) is 0 Å². The van der Waals surface area contributed by atoms with Gasteiger partial charge in [0.05, 0.1) is 37.6 Å². The van der Waals surface area contributed by atoms with E-state index in [2.05, 4.69) is 17.9 Å². The van der Waals surface area contributed by atoms with Crippen molar-refractivity contribution in [2.24, 2.45) is 0 Å². The van der Waals surface area contributed by atoms with Crippen molar-refractivity contribution in [2.45, 2.75) is 26.0 Å². The van der Waals surface area contributed by atoms with E-state index in [1.165, 1.54) is 4.90 Å². The molecule has 3 rings (SSSR count). The number of ether oxygens (including phenoxy) is 1. The number of hydrogen-bond acceptors (Lipinski definition) is 5. The Kier molecular flexibility index (Phi) is 5.31. The predicted molar refractivity (Wildman–Crippen MR) is 90.3 cm³/mol. The van der Waals surface area contributed by atoms with Gasteiger partial charge in [-0.05, 0) is 18.1 Å². The van der Waals surface area contributed by atoms with Crippen LogP contribution in [0.4, 0.5) is 4.79 Å². The second-order valence-electron chi connectivity index (χ2n) is 6.35. The molecular formula is C18H22N4O3. The van der Waals surface area contributed by atoms with Crippen molar-refractivity contribution >= 4 is 11.9 Å². The van der Waals surface area contributed by atoms with Crippen molar-refractivity contribution in [3.63, 3.8) is 0 Å². The first-order valence-electron chi connectivity index (χ1n) is 8.53. The van der Waals surface area contributed by atoms with Crippen LogP contribution in [0.25, 0.3) is 0 Å². The van der Waals surface area contributed by atoms with E-state index in [-0.39, 0.29) is 31.1 Å². The van der Waals surface area contributed by atoms with Gasteiger partial charge in [0.1, 0.15) is 6.54 Å². The van der Waals surface area contributed by atoms with Crippen LogP contribution in [0.5, 0.6) is 0 Å². The number of carbonyl (C=O) groups is 2. The molecule has 7 heteroatoms. The quantitative estimate of drug-likeness (QED) is 0.756. The predicted octanol–water partition coefficient (Wildman–Crippen LogP) is 1.39. The maximum absolute atomic E-state index is 12.6. The van der Waals surface area contributed by atoms with Gasteiger partial charge in [-0.2, -0.15) is 5.26 Å². The van der Waals surface area contributed by atoms with E-state index in [0.717, 1.165) is 19.5 Å². The molecule has 2 saturated heterocycles. The summed E-state index contributed by atoms with van der Waals surface area (Å²) in [6, 6.07) is 8.84. The number of morpholine rings is 1. The molecule has 2 fully saturated rings. The highest BCUT2D eigenvalue weighted by atomic mass is 16.5. The van der Waals surface area contributed by atoms with Crippen molar-refractivity contribution in [1.29, 1.82) is 5.26 Å². The van der Waals surface area contributed by atoms with Crippen LogP contribution in [-0.4, -0.2) is 65.7 Å². The van der Waals surface area contributed by atoms with Gasteiger partial charge in [0.15, 0.2) is 0 Å². The number of nitrogens with zero attached hydrogens (tertiary/aromatic N) is 4. The number of hydrogen-bond donors (Lipinski definition) is 0. The Balaban J connectivity index is 1.65. The third-order valence-corrected chi connectivity index (χ3v) is 4.64. The number of imide groups is 1. The van der Waals surface area contributed by atoms with Gasteiger partial charge in [0.25, 0.3) is 5.91 Å². The summed E-state index contributed by atoms with van der Waals surface area (Å²) in [6.45, 7) is 4.90. The highest BCUT2D eigenvalue weighted by molar-refractivity contribution is 6.01. The van der Waals surface area contributed by atoms with E-state index < -0.39 is 0 Å². The van der Waals surface area contributed by atoms with Crippen molar-refractivity contribution in [1.82, 2.24) is 14.7 Å². The van der Waals surface area contributed by atoms with Gasteiger partial charge in [-0.15, -0.1) is 0 Å². The number of rotatable bonds is 5. The second-order valence-corrected chi connectivity index (χ2v) is 6.35. The van der Waals surface area contributed by atoms with Crippen LogP contribution in [0.15, 0.2) is 24.3 Å². The van der Waals surface area contributed by atoms with Gasteiger partial charge in [-0.25, -0.2) is 4.79 Å². The average Bonchev–Trinajstić information content (AvgIpc) is 2.89. The molecule has 0 aliphatic carbocycles. The molecule has 0 N–H and O–H groups in total. The lowest BCUT2D eigenvalue weighted by Gasteiger charge is -2.34. The van der Waals surface area contributed by atoms with Gasteiger partial charge >= 0.3 is 6.03 Å². The molecule has 3 amide bonds. The Hall–Kier alpha value is -2.43. The summed E-state index contributed by atoms with van der Waals surface area (Å²) in [7, 11) is 0. The zero-order valence-corrected chi connectivity index (χ0v) is 14.4. The molecule has 0 spiro atoms. The Morgan fingerprint density at radius 3 is 2.88 bits per heavy atom. The van der Waals surface area contributed by atoms with Crippen LogP contribution in [0.1, 0.15) is 24.5 Å². The van der Waals surface area contributed by atoms with Crippen molar-refractivity contribution in [3.05, 3.63) is 35.4 Å². The van der Waals surface area contributed by atoms with E-state index >= 15 is 0 Å². The molecule has 1 atom stereocenters. The zero-order valence-electron chi connectivity index (χ0n) is 14.4. The van der Waals surface area contributed by atoms with Crippen LogP contribution in [0.3, 0.4) is 0 Å².